The molecule has 2 heterocycles. The summed E-state index contributed by atoms with van der Waals surface area (Å²) in [4.78, 5) is 27.0. The molecule has 0 bridgehead atoms. The molecule has 1 aliphatic heterocycles. The molecule has 1 unspecified atom stereocenters. The van der Waals surface area contributed by atoms with E-state index in [1.807, 2.05) is 48.7 Å². The van der Waals surface area contributed by atoms with Crippen LogP contribution in [0.15, 0.2) is 87.9 Å². The molecule has 35 heavy (non-hydrogen) atoms. The van der Waals surface area contributed by atoms with Gasteiger partial charge in [-0.2, -0.15) is 5.26 Å². The zero-order valence-corrected chi connectivity index (χ0v) is 20.7. The smallest absolute Gasteiger partial charge is 0.254 e. The third-order valence-corrected chi connectivity index (χ3v) is 7.58. The van der Waals surface area contributed by atoms with Gasteiger partial charge in [0.1, 0.15) is 5.82 Å². The van der Waals surface area contributed by atoms with Gasteiger partial charge < -0.3 is 10.6 Å². The van der Waals surface area contributed by atoms with Crippen molar-refractivity contribution in [3.63, 3.8) is 0 Å². The predicted molar refractivity (Wildman–Crippen MR) is 139 cm³/mol. The zero-order valence-electron chi connectivity index (χ0n) is 19.1. The van der Waals surface area contributed by atoms with Gasteiger partial charge in [-0.25, -0.2) is 4.39 Å². The van der Waals surface area contributed by atoms with Crippen LogP contribution in [0.3, 0.4) is 0 Å². The minimum absolute atomic E-state index is 0.0638. The van der Waals surface area contributed by atoms with Crippen molar-refractivity contribution in [3.05, 3.63) is 110 Å². The average molecular weight is 504 g/mol. The molecule has 0 aliphatic carbocycles. The lowest BCUT2D eigenvalue weighted by molar-refractivity contribution is -0.113. The fourth-order valence-electron chi connectivity index (χ4n) is 3.83. The number of para-hydroxylation sites is 1. The number of nitrogens with zero attached hydrogens (tertiary/aromatic N) is 1. The normalized spacial score (nSPS) is 15.4. The molecule has 2 N–H and O–H groups in total. The van der Waals surface area contributed by atoms with Crippen LogP contribution in [0.25, 0.3) is 0 Å². The highest BCUT2D eigenvalue weighted by atomic mass is 32.2. The Morgan fingerprint density at radius 2 is 1.86 bits per heavy atom. The summed E-state index contributed by atoms with van der Waals surface area (Å²) in [7, 11) is 0. The van der Waals surface area contributed by atoms with E-state index in [-0.39, 0.29) is 17.4 Å². The van der Waals surface area contributed by atoms with Crippen LogP contribution in [-0.4, -0.2) is 17.4 Å². The van der Waals surface area contributed by atoms with Crippen LogP contribution in [0, 0.1) is 24.1 Å². The number of thiophene rings is 1. The number of carbonyl (C=O) groups excluding carboxylic acids is 2. The molecule has 5 nitrogen and oxygen atoms in total. The van der Waals surface area contributed by atoms with Gasteiger partial charge in [0.2, 0.25) is 0 Å². The number of nitriles is 1. The third-order valence-electron chi connectivity index (χ3n) is 5.63. The van der Waals surface area contributed by atoms with Crippen molar-refractivity contribution in [3.8, 4) is 6.07 Å². The summed E-state index contributed by atoms with van der Waals surface area (Å²) in [5.74, 6) is -1.38. The number of aryl methyl sites for hydroxylation is 1. The average Bonchev–Trinajstić information content (AvgIpc) is 3.38. The van der Waals surface area contributed by atoms with Crippen LogP contribution < -0.4 is 10.6 Å². The van der Waals surface area contributed by atoms with Crippen LogP contribution >= 0.6 is 23.1 Å². The second-order valence-electron chi connectivity index (χ2n) is 7.95. The molecule has 0 spiro atoms. The number of halogens is 1. The van der Waals surface area contributed by atoms with Crippen LogP contribution in [0.1, 0.15) is 33.6 Å². The SMILES string of the molecule is CC1=C(C(=O)Nc2ccccc2C)C(c2cccs2)C(C#N)=C(SCC(=O)c2ccc(F)cc2)N1. The van der Waals surface area contributed by atoms with Gasteiger partial charge in [-0.1, -0.05) is 36.0 Å². The molecule has 0 saturated carbocycles. The van der Waals surface area contributed by atoms with E-state index in [0.717, 1.165) is 10.4 Å². The number of carbonyl (C=O) groups is 2. The molecule has 0 radical (unpaired) electrons. The number of hydrogen-bond acceptors (Lipinski definition) is 6. The van der Waals surface area contributed by atoms with Gasteiger partial charge in [-0.05, 0) is 61.2 Å². The van der Waals surface area contributed by atoms with Crippen molar-refractivity contribution in [2.75, 3.05) is 11.1 Å². The van der Waals surface area contributed by atoms with Gasteiger partial charge in [-0.3, -0.25) is 9.59 Å². The van der Waals surface area contributed by atoms with Gasteiger partial charge in [0.15, 0.2) is 5.78 Å². The zero-order chi connectivity index (χ0) is 24.9. The summed E-state index contributed by atoms with van der Waals surface area (Å²) in [5, 5.41) is 18.7. The number of allylic oxidation sites excluding steroid dienone is 2. The van der Waals surface area contributed by atoms with Gasteiger partial charge in [0.25, 0.3) is 5.91 Å². The van der Waals surface area contributed by atoms with Crippen LogP contribution in [0.4, 0.5) is 10.1 Å². The molecular weight excluding hydrogens is 481 g/mol. The molecule has 1 amide bonds. The third kappa shape index (κ3) is 5.37. The van der Waals surface area contributed by atoms with E-state index in [1.165, 1.54) is 47.4 Å². The first-order chi connectivity index (χ1) is 16.9. The molecule has 3 aromatic rings. The first-order valence-corrected chi connectivity index (χ1v) is 12.7. The minimum atomic E-state index is -0.561. The Bertz CT molecular complexity index is 1370. The largest absolute Gasteiger partial charge is 0.353 e. The highest BCUT2D eigenvalue weighted by molar-refractivity contribution is 8.03. The van der Waals surface area contributed by atoms with Gasteiger partial charge >= 0.3 is 0 Å². The van der Waals surface area contributed by atoms with Crippen molar-refractivity contribution >= 4 is 40.5 Å². The fraction of sp³-hybridized carbons (Fsp3) is 0.148. The predicted octanol–water partition coefficient (Wildman–Crippen LogP) is 6.15. The summed E-state index contributed by atoms with van der Waals surface area (Å²) in [5.41, 5.74) is 3.49. The van der Waals surface area contributed by atoms with Gasteiger partial charge in [0, 0.05) is 27.4 Å². The maximum Gasteiger partial charge on any atom is 0.254 e. The first kappa shape index (κ1) is 24.5. The fourth-order valence-corrected chi connectivity index (χ4v) is 5.66. The van der Waals surface area contributed by atoms with Gasteiger partial charge in [0.05, 0.1) is 28.3 Å². The maximum absolute atomic E-state index is 13.5. The quantitative estimate of drug-likeness (QED) is 0.378. The number of amides is 1. The van der Waals surface area contributed by atoms with E-state index < -0.39 is 11.7 Å². The number of thioether (sulfide) groups is 1. The minimum Gasteiger partial charge on any atom is -0.353 e. The maximum atomic E-state index is 13.5. The van der Waals surface area contributed by atoms with Crippen molar-refractivity contribution in [1.29, 1.82) is 5.26 Å². The summed E-state index contributed by atoms with van der Waals surface area (Å²) in [6.45, 7) is 3.71. The molecule has 0 saturated heterocycles. The van der Waals surface area contributed by atoms with E-state index >= 15 is 0 Å². The highest BCUT2D eigenvalue weighted by Crippen LogP contribution is 2.42. The molecule has 1 aliphatic rings. The molecule has 2 aromatic carbocycles. The Kier molecular flexibility index (Phi) is 7.49. The molecule has 4 rings (SSSR count). The molecule has 0 fully saturated rings. The standard InChI is InChI=1S/C27H22FN3O2S2/c1-16-6-3-4-7-21(16)31-26(33)24-17(2)30-27(20(14-29)25(24)23-8-5-13-34-23)35-15-22(32)18-9-11-19(28)12-10-18/h3-13,25,30H,15H2,1-2H3,(H,31,33). The lowest BCUT2D eigenvalue weighted by atomic mass is 9.86. The summed E-state index contributed by atoms with van der Waals surface area (Å²) < 4.78 is 13.2. The van der Waals surface area contributed by atoms with Crippen LogP contribution in [0.5, 0.6) is 0 Å². The van der Waals surface area contributed by atoms with Crippen LogP contribution in [-0.2, 0) is 4.79 Å². The van der Waals surface area contributed by atoms with Crippen molar-refractivity contribution in [1.82, 2.24) is 5.32 Å². The number of rotatable bonds is 7. The number of nitrogens with one attached hydrogen (secondary N) is 2. The van der Waals surface area contributed by atoms with Crippen LogP contribution in [0.2, 0.25) is 0 Å². The topological polar surface area (TPSA) is 82.0 Å². The number of benzene rings is 2. The summed E-state index contributed by atoms with van der Waals surface area (Å²) in [6, 6.07) is 18.9. The lowest BCUT2D eigenvalue weighted by Gasteiger charge is -2.29. The number of ketones is 1. The summed E-state index contributed by atoms with van der Waals surface area (Å²) >= 11 is 2.67. The number of dihydropyridines is 1. The Balaban J connectivity index is 1.64. The molecule has 1 aromatic heterocycles. The second-order valence-corrected chi connectivity index (χ2v) is 9.92. The molecule has 1 atom stereocenters. The monoisotopic (exact) mass is 503 g/mol. The van der Waals surface area contributed by atoms with E-state index in [1.54, 1.807) is 6.92 Å². The number of anilines is 1. The summed E-state index contributed by atoms with van der Waals surface area (Å²) in [6.07, 6.45) is 0. The van der Waals surface area contributed by atoms with Gasteiger partial charge in [-0.15, -0.1) is 11.3 Å². The van der Waals surface area contributed by atoms with E-state index in [2.05, 4.69) is 16.7 Å². The Morgan fingerprint density at radius 1 is 1.11 bits per heavy atom. The van der Waals surface area contributed by atoms with E-state index in [9.17, 15) is 19.2 Å². The Morgan fingerprint density at radius 3 is 2.51 bits per heavy atom. The first-order valence-electron chi connectivity index (χ1n) is 10.8. The van der Waals surface area contributed by atoms with Crippen molar-refractivity contribution in [2.24, 2.45) is 0 Å². The Hall–Kier alpha value is -3.67. The Labute approximate surface area is 211 Å². The van der Waals surface area contributed by atoms with E-state index in [0.29, 0.717) is 33.1 Å². The molecular formula is C27H22FN3O2S2. The number of Topliss-reactive ketones (excluding diaryl/α,β-unsaturated/α-hetero) is 1. The molecule has 176 valence electrons. The number of hydrogen-bond donors (Lipinski definition) is 2. The van der Waals surface area contributed by atoms with Crippen molar-refractivity contribution < 1.29 is 14.0 Å². The van der Waals surface area contributed by atoms with E-state index in [4.69, 9.17) is 0 Å². The second kappa shape index (κ2) is 10.7. The lowest BCUT2D eigenvalue weighted by Crippen LogP contribution is -2.30. The van der Waals surface area contributed by atoms with Crippen molar-refractivity contribution in [2.45, 2.75) is 19.8 Å². The highest BCUT2D eigenvalue weighted by Gasteiger charge is 2.35. The molecule has 8 heteroatoms.